The summed E-state index contributed by atoms with van der Waals surface area (Å²) in [7, 11) is 0. The molecule has 0 bridgehead atoms. The van der Waals surface area contributed by atoms with E-state index in [0.29, 0.717) is 34.1 Å². The van der Waals surface area contributed by atoms with Crippen LogP contribution in [0.15, 0.2) is 66.6 Å². The van der Waals surface area contributed by atoms with E-state index in [1.807, 2.05) is 28.8 Å². The predicted octanol–water partition coefficient (Wildman–Crippen LogP) is 6.51. The van der Waals surface area contributed by atoms with Crippen LogP contribution in [-0.4, -0.2) is 91.5 Å². The highest BCUT2D eigenvalue weighted by Gasteiger charge is 2.52. The van der Waals surface area contributed by atoms with Gasteiger partial charge in [-0.25, -0.2) is 14.8 Å². The van der Waals surface area contributed by atoms with Crippen molar-refractivity contribution >= 4 is 113 Å². The molecule has 6 amide bonds. The van der Waals surface area contributed by atoms with Crippen LogP contribution >= 0.6 is 22.7 Å². The molecule has 19 heteroatoms. The standard InChI is InChI=1S/C46H43N11O6S2/c1-2-35(58)50-37-41(65-44(51-37)54-16-4-3-5-17-54)52-38(60)28-10-9-27-19-33-42(63)55(25-46(14-7-15-46)57(33)31(27)20-28)22-36(59)48-34-23-64-43(49-34)53-39(61)29-11-8-26-18-32-40(62)47-24-45(12-6-13-45)56(32)30(26)21-29/h2,8-11,18-23,48H,1,3-7,12-17,24-25H2,(H3,47,49,53,59,61,62)/p+1. The maximum absolute atomic E-state index is 14.1. The number of rotatable bonds is 9. The Kier molecular flexibility index (Phi) is 9.79. The average molecular weight is 911 g/mol. The maximum atomic E-state index is 14.1. The normalized spacial score (nSPS) is 18.7. The first kappa shape index (κ1) is 40.8. The van der Waals surface area contributed by atoms with Crippen LogP contribution in [0.3, 0.4) is 0 Å². The van der Waals surface area contributed by atoms with E-state index >= 15 is 0 Å². The molecule has 0 atom stereocenters. The van der Waals surface area contributed by atoms with E-state index in [9.17, 15) is 28.8 Å². The van der Waals surface area contributed by atoms with E-state index in [4.69, 9.17) is 0 Å². The van der Waals surface area contributed by atoms with Gasteiger partial charge in [0.05, 0.1) is 16.6 Å². The number of fused-ring (bicyclic) bond motifs is 8. The van der Waals surface area contributed by atoms with Crippen LogP contribution in [0.4, 0.5) is 26.9 Å². The number of thiazole rings is 2. The van der Waals surface area contributed by atoms with Crippen molar-refractivity contribution in [2.75, 3.05) is 52.3 Å². The minimum atomic E-state index is -0.549. The molecule has 330 valence electrons. The molecular formula is C46H44N11O6S2+. The fourth-order valence-electron chi connectivity index (χ4n) is 10.0. The van der Waals surface area contributed by atoms with Crippen LogP contribution in [0.1, 0.15) is 99.5 Å². The quantitative estimate of drug-likeness (QED) is 0.0792. The van der Waals surface area contributed by atoms with Gasteiger partial charge >= 0.3 is 11.8 Å². The number of piperidine rings is 1. The Labute approximate surface area is 379 Å². The van der Waals surface area contributed by atoms with E-state index < -0.39 is 17.4 Å². The van der Waals surface area contributed by atoms with Crippen molar-refractivity contribution in [2.45, 2.75) is 68.9 Å². The Balaban J connectivity index is 0.794. The molecule has 1 saturated heterocycles. The minimum absolute atomic E-state index is 0.116. The first-order valence-electron chi connectivity index (χ1n) is 21.8. The monoisotopic (exact) mass is 910 g/mol. The zero-order chi connectivity index (χ0) is 44.6. The van der Waals surface area contributed by atoms with Gasteiger partial charge in [-0.15, -0.1) is 11.3 Å². The lowest BCUT2D eigenvalue weighted by Gasteiger charge is -2.47. The predicted molar refractivity (Wildman–Crippen MR) is 249 cm³/mol. The van der Waals surface area contributed by atoms with Gasteiger partial charge in [0.2, 0.25) is 12.1 Å². The van der Waals surface area contributed by atoms with Crippen molar-refractivity contribution in [1.82, 2.24) is 24.4 Å². The summed E-state index contributed by atoms with van der Waals surface area (Å²) in [5.41, 5.74) is 2.75. The fourth-order valence-corrected chi connectivity index (χ4v) is 11.6. The molecule has 2 spiro atoms. The van der Waals surface area contributed by atoms with Crippen molar-refractivity contribution in [2.24, 2.45) is 0 Å². The van der Waals surface area contributed by atoms with E-state index in [1.165, 1.54) is 22.1 Å². The van der Waals surface area contributed by atoms with Crippen molar-refractivity contribution in [3.8, 4) is 0 Å². The van der Waals surface area contributed by atoms with E-state index in [-0.39, 0.29) is 52.5 Å². The number of nitrogens with zero attached hydrogens (tertiary/aromatic N) is 6. The number of aromatic nitrogens is 4. The molecule has 2 aromatic carbocycles. The van der Waals surface area contributed by atoms with Crippen molar-refractivity contribution in [3.05, 3.63) is 89.1 Å². The number of carbonyl (C=O) groups is 6. The van der Waals surface area contributed by atoms with Crippen molar-refractivity contribution in [1.29, 1.82) is 0 Å². The van der Waals surface area contributed by atoms with Gasteiger partial charge < -0.3 is 35.3 Å². The largest absolute Gasteiger partial charge is 0.436 e. The van der Waals surface area contributed by atoms with Gasteiger partial charge in [-0.1, -0.05) is 30.0 Å². The summed E-state index contributed by atoms with van der Waals surface area (Å²) < 4.78 is 5.58. The number of hydrogen-bond donors (Lipinski definition) is 5. The molecule has 11 rings (SSSR count). The van der Waals surface area contributed by atoms with Crippen LogP contribution in [0, 0.1) is 0 Å². The van der Waals surface area contributed by atoms with E-state index in [1.54, 1.807) is 29.6 Å². The van der Waals surface area contributed by atoms with Gasteiger partial charge in [0.15, 0.2) is 28.3 Å². The van der Waals surface area contributed by atoms with Crippen LogP contribution in [-0.2, 0) is 20.7 Å². The summed E-state index contributed by atoms with van der Waals surface area (Å²) in [5.74, 6) is -1.73. The highest BCUT2D eigenvalue weighted by Crippen LogP contribution is 2.46. The van der Waals surface area contributed by atoms with Gasteiger partial charge in [0.25, 0.3) is 17.7 Å². The summed E-state index contributed by atoms with van der Waals surface area (Å²) in [6.07, 6.45) is 11.1. The van der Waals surface area contributed by atoms with Crippen LogP contribution in [0.5, 0.6) is 0 Å². The van der Waals surface area contributed by atoms with Crippen LogP contribution < -0.4 is 31.5 Å². The highest BCUT2D eigenvalue weighted by molar-refractivity contribution is 7.20. The number of benzene rings is 2. The molecule has 0 unspecified atom stereocenters. The average Bonchev–Trinajstić information content (AvgIpc) is 4.08. The van der Waals surface area contributed by atoms with Gasteiger partial charge in [-0.2, -0.15) is 4.58 Å². The highest BCUT2D eigenvalue weighted by atomic mass is 32.1. The smallest absolute Gasteiger partial charge is 0.348 e. The molecule has 3 aliphatic heterocycles. The summed E-state index contributed by atoms with van der Waals surface area (Å²) in [6.45, 7) is 6.07. The molecule has 2 aliphatic carbocycles. The first-order valence-corrected chi connectivity index (χ1v) is 23.5. The zero-order valence-electron chi connectivity index (χ0n) is 35.2. The van der Waals surface area contributed by atoms with Crippen molar-refractivity contribution < 1.29 is 33.3 Å². The van der Waals surface area contributed by atoms with Gasteiger partial charge in [-0.3, -0.25) is 29.3 Å². The summed E-state index contributed by atoms with van der Waals surface area (Å²) >= 11 is 2.46. The Morgan fingerprint density at radius 3 is 2.08 bits per heavy atom. The summed E-state index contributed by atoms with van der Waals surface area (Å²) in [6, 6.07) is 14.4. The lowest BCUT2D eigenvalue weighted by molar-refractivity contribution is -0.451. The molecule has 5 aliphatic rings. The van der Waals surface area contributed by atoms with Crippen LogP contribution in [0.2, 0.25) is 0 Å². The third-order valence-electron chi connectivity index (χ3n) is 13.6. The van der Waals surface area contributed by atoms with Gasteiger partial charge in [-0.05, 0) is 100 Å². The zero-order valence-corrected chi connectivity index (χ0v) is 36.8. The van der Waals surface area contributed by atoms with Gasteiger partial charge in [0, 0.05) is 46.9 Å². The maximum Gasteiger partial charge on any atom is 0.436 e. The molecule has 2 saturated carbocycles. The lowest BCUT2D eigenvalue weighted by Crippen LogP contribution is -2.55. The molecule has 4 aromatic heterocycles. The number of amides is 6. The third-order valence-corrected chi connectivity index (χ3v) is 15.3. The Morgan fingerprint density at radius 1 is 0.754 bits per heavy atom. The van der Waals surface area contributed by atoms with Crippen LogP contribution in [0.25, 0.3) is 21.8 Å². The lowest BCUT2D eigenvalue weighted by atomic mass is 9.75. The van der Waals surface area contributed by atoms with E-state index in [2.05, 4.69) is 52.6 Å². The summed E-state index contributed by atoms with van der Waals surface area (Å²) in [5, 5.41) is 19.0. The molecule has 7 heterocycles. The number of carbonyl (C=O) groups excluding carboxylic acids is 6. The molecule has 0 radical (unpaired) electrons. The molecular weight excluding hydrogens is 867 g/mol. The second-order valence-electron chi connectivity index (χ2n) is 17.5. The Morgan fingerprint density at radius 2 is 1.42 bits per heavy atom. The second kappa shape index (κ2) is 15.6. The topological polar surface area (TPSA) is 204 Å². The van der Waals surface area contributed by atoms with Gasteiger partial charge in [0.1, 0.15) is 22.1 Å². The molecule has 3 fully saturated rings. The molecule has 65 heavy (non-hydrogen) atoms. The van der Waals surface area contributed by atoms with E-state index in [0.717, 1.165) is 115 Å². The molecule has 5 N–H and O–H groups in total. The van der Waals surface area contributed by atoms with Crippen molar-refractivity contribution in [3.63, 3.8) is 0 Å². The Hall–Kier alpha value is -6.99. The minimum Gasteiger partial charge on any atom is -0.348 e. The fraction of sp³-hybridized carbons (Fsp3) is 0.326. The molecule has 17 nitrogen and oxygen atoms in total. The summed E-state index contributed by atoms with van der Waals surface area (Å²) in [4.78, 5) is 91.2. The number of hydrogen-bond acceptors (Lipinski definition) is 11. The SMILES string of the molecule is C=CC(=O)Nc1nc(N2CCCCC2)sc1NC(=O)c1ccc2cc3n(c2c1)C1(CCC1)C[N+](=CC(=O)Nc1csc(NC(=O)c2ccc4cc5n(c4c2)C2(CCC2)CNC5=O)n1)C3=O. The third kappa shape index (κ3) is 7.00. The Bertz CT molecular complexity index is 3090. The first-order chi connectivity index (χ1) is 31.5. The molecule has 6 aromatic rings. The number of nitrogens with one attached hydrogen (secondary N) is 5. The second-order valence-corrected chi connectivity index (χ2v) is 19.4. The number of anilines is 5.